The van der Waals surface area contributed by atoms with E-state index in [2.05, 4.69) is 62.8 Å². The van der Waals surface area contributed by atoms with E-state index in [0.29, 0.717) is 12.6 Å². The molecule has 0 radical (unpaired) electrons. The number of ether oxygens (including phenoxy) is 1. The van der Waals surface area contributed by atoms with Crippen LogP contribution in [0.1, 0.15) is 33.0 Å². The molecule has 8 nitrogen and oxygen atoms in total. The van der Waals surface area contributed by atoms with Gasteiger partial charge in [-0.2, -0.15) is 0 Å². The molecule has 8 heteroatoms. The lowest BCUT2D eigenvalue weighted by Crippen LogP contribution is -2.54. The topological polar surface area (TPSA) is 70.8 Å². The van der Waals surface area contributed by atoms with Crippen LogP contribution in [0.3, 0.4) is 0 Å². The third-order valence-corrected chi connectivity index (χ3v) is 5.61. The van der Waals surface area contributed by atoms with Crippen molar-refractivity contribution in [3.63, 3.8) is 0 Å². The van der Waals surface area contributed by atoms with Crippen LogP contribution in [0, 0.1) is 0 Å². The van der Waals surface area contributed by atoms with Gasteiger partial charge in [0, 0.05) is 45.2 Å². The van der Waals surface area contributed by atoms with E-state index in [1.54, 1.807) is 13.4 Å². The second-order valence-corrected chi connectivity index (χ2v) is 7.60. The number of benzene rings is 1. The van der Waals surface area contributed by atoms with Crippen LogP contribution >= 0.6 is 0 Å². The first-order chi connectivity index (χ1) is 14.7. The summed E-state index contributed by atoms with van der Waals surface area (Å²) in [4.78, 5) is 9.68. The number of piperazine rings is 1. The Kier molecular flexibility index (Phi) is 7.93. The average molecular weight is 414 g/mol. The molecule has 1 atom stereocenters. The van der Waals surface area contributed by atoms with Gasteiger partial charge in [0.1, 0.15) is 17.9 Å². The van der Waals surface area contributed by atoms with Gasteiger partial charge in [-0.25, -0.2) is 0 Å². The molecular weight excluding hydrogens is 378 g/mol. The van der Waals surface area contributed by atoms with Gasteiger partial charge in [0.05, 0.1) is 19.3 Å². The number of rotatable bonds is 8. The summed E-state index contributed by atoms with van der Waals surface area (Å²) in [7, 11) is 1.73. The first kappa shape index (κ1) is 21.9. The molecule has 2 heterocycles. The predicted octanol–water partition coefficient (Wildman–Crippen LogP) is 2.42. The minimum absolute atomic E-state index is 0.386. The quantitative estimate of drug-likeness (QED) is 0.529. The van der Waals surface area contributed by atoms with Crippen LogP contribution in [0.2, 0.25) is 0 Å². The van der Waals surface area contributed by atoms with Crippen LogP contribution in [0.4, 0.5) is 5.69 Å². The molecule has 1 aliphatic rings. The Labute approximate surface area is 179 Å². The summed E-state index contributed by atoms with van der Waals surface area (Å²) in [5.74, 6) is 2.93. The maximum Gasteiger partial charge on any atom is 0.194 e. The molecule has 0 aliphatic carbocycles. The summed E-state index contributed by atoms with van der Waals surface area (Å²) in [5, 5.41) is 11.8. The maximum atomic E-state index is 5.54. The fourth-order valence-electron chi connectivity index (χ4n) is 3.61. The van der Waals surface area contributed by atoms with Crippen LogP contribution in [-0.4, -0.2) is 71.5 Å². The molecule has 0 spiro atoms. The molecule has 30 heavy (non-hydrogen) atoms. The Bertz CT molecular complexity index is 811. The largest absolute Gasteiger partial charge is 0.495 e. The second kappa shape index (κ2) is 10.8. The summed E-state index contributed by atoms with van der Waals surface area (Å²) in [5.41, 5.74) is 1.16. The van der Waals surface area contributed by atoms with Crippen molar-refractivity contribution in [1.29, 1.82) is 0 Å². The molecule has 1 fully saturated rings. The molecule has 2 aromatic rings. The van der Waals surface area contributed by atoms with Gasteiger partial charge in [0.15, 0.2) is 5.96 Å². The average Bonchev–Trinajstić information content (AvgIpc) is 3.26. The van der Waals surface area contributed by atoms with Gasteiger partial charge in [-0.3, -0.25) is 4.99 Å². The van der Waals surface area contributed by atoms with Crippen LogP contribution in [0.5, 0.6) is 5.75 Å². The summed E-state index contributed by atoms with van der Waals surface area (Å²) >= 11 is 0. The Hall–Kier alpha value is -2.77. The number of para-hydroxylation sites is 2. The predicted molar refractivity (Wildman–Crippen MR) is 121 cm³/mol. The lowest BCUT2D eigenvalue weighted by molar-refractivity contribution is 0.361. The lowest BCUT2D eigenvalue weighted by atomic mass is 10.2. The molecule has 1 aromatic carbocycles. The van der Waals surface area contributed by atoms with Gasteiger partial charge in [0.25, 0.3) is 0 Å². The van der Waals surface area contributed by atoms with Crippen molar-refractivity contribution >= 4 is 11.6 Å². The number of hydrogen-bond donors (Lipinski definition) is 1. The van der Waals surface area contributed by atoms with Crippen molar-refractivity contribution in [2.24, 2.45) is 4.99 Å². The van der Waals surface area contributed by atoms with Gasteiger partial charge < -0.3 is 24.4 Å². The number of guanidine groups is 1. The molecule has 1 aliphatic heterocycles. The Morgan fingerprint density at radius 1 is 1.20 bits per heavy atom. The Morgan fingerprint density at radius 3 is 2.67 bits per heavy atom. The van der Waals surface area contributed by atoms with E-state index in [0.717, 1.165) is 68.8 Å². The first-order valence-corrected chi connectivity index (χ1v) is 11.0. The van der Waals surface area contributed by atoms with E-state index < -0.39 is 0 Å². The monoisotopic (exact) mass is 413 g/mol. The van der Waals surface area contributed by atoms with Gasteiger partial charge in [-0.05, 0) is 25.5 Å². The Balaban J connectivity index is 1.64. The van der Waals surface area contributed by atoms with Crippen LogP contribution in [0.15, 0.2) is 35.6 Å². The normalized spacial score (nSPS) is 15.9. The number of aliphatic imine (C=N–C) groups is 1. The number of nitrogens with zero attached hydrogens (tertiary/aromatic N) is 6. The molecule has 1 saturated heterocycles. The molecule has 0 bridgehead atoms. The zero-order valence-corrected chi connectivity index (χ0v) is 18.7. The van der Waals surface area contributed by atoms with Gasteiger partial charge in [-0.15, -0.1) is 10.2 Å². The van der Waals surface area contributed by atoms with Crippen LogP contribution < -0.4 is 15.0 Å². The number of methoxy groups -OCH3 is 1. The van der Waals surface area contributed by atoms with E-state index in [1.165, 1.54) is 0 Å². The maximum absolute atomic E-state index is 5.54. The zero-order chi connectivity index (χ0) is 21.3. The summed E-state index contributed by atoms with van der Waals surface area (Å²) in [6, 6.07) is 8.62. The van der Waals surface area contributed by atoms with Crippen LogP contribution in [-0.2, 0) is 13.0 Å². The van der Waals surface area contributed by atoms with Crippen LogP contribution in [0.25, 0.3) is 0 Å². The van der Waals surface area contributed by atoms with Crippen molar-refractivity contribution in [1.82, 2.24) is 25.0 Å². The minimum Gasteiger partial charge on any atom is -0.495 e. The van der Waals surface area contributed by atoms with Crippen molar-refractivity contribution in [2.45, 2.75) is 46.2 Å². The highest BCUT2D eigenvalue weighted by molar-refractivity contribution is 5.80. The van der Waals surface area contributed by atoms with Gasteiger partial charge >= 0.3 is 0 Å². The summed E-state index contributed by atoms with van der Waals surface area (Å²) < 4.78 is 7.63. The highest BCUT2D eigenvalue weighted by Gasteiger charge is 2.22. The lowest BCUT2D eigenvalue weighted by Gasteiger charge is -2.38. The van der Waals surface area contributed by atoms with E-state index in [9.17, 15) is 0 Å². The zero-order valence-electron chi connectivity index (χ0n) is 18.7. The SMILES string of the molecule is CCc1nncn1CCN=C(NC(C)CC)N1CCN(c2ccccc2OC)CC1. The summed E-state index contributed by atoms with van der Waals surface area (Å²) in [6.45, 7) is 11.7. The van der Waals surface area contributed by atoms with Gasteiger partial charge in [-0.1, -0.05) is 26.0 Å². The van der Waals surface area contributed by atoms with Crippen molar-refractivity contribution in [3.05, 3.63) is 36.4 Å². The minimum atomic E-state index is 0.386. The number of hydrogen-bond acceptors (Lipinski definition) is 5. The third kappa shape index (κ3) is 5.43. The number of anilines is 1. The highest BCUT2D eigenvalue weighted by Crippen LogP contribution is 2.28. The standard InChI is InChI=1S/C22H35N7O/c1-5-18(3)25-22(23-11-12-29-17-24-26-21(29)6-2)28-15-13-27(14-16-28)19-9-7-8-10-20(19)30-4/h7-10,17-18H,5-6,11-16H2,1-4H3,(H,23,25). The van der Waals surface area contributed by atoms with E-state index in [4.69, 9.17) is 9.73 Å². The number of aromatic nitrogens is 3. The second-order valence-electron chi connectivity index (χ2n) is 7.60. The Morgan fingerprint density at radius 2 is 1.97 bits per heavy atom. The summed E-state index contributed by atoms with van der Waals surface area (Å²) in [6.07, 6.45) is 3.74. The smallest absolute Gasteiger partial charge is 0.194 e. The molecule has 0 amide bonds. The number of nitrogens with one attached hydrogen (secondary N) is 1. The van der Waals surface area contributed by atoms with E-state index in [1.807, 2.05) is 12.1 Å². The molecule has 1 unspecified atom stereocenters. The highest BCUT2D eigenvalue weighted by atomic mass is 16.5. The van der Waals surface area contributed by atoms with Crippen molar-refractivity contribution < 1.29 is 4.74 Å². The number of aryl methyl sites for hydroxylation is 1. The molecule has 1 aromatic heterocycles. The van der Waals surface area contributed by atoms with Gasteiger partial charge in [0.2, 0.25) is 0 Å². The fraction of sp³-hybridized carbons (Fsp3) is 0.591. The third-order valence-electron chi connectivity index (χ3n) is 5.61. The molecule has 1 N–H and O–H groups in total. The van der Waals surface area contributed by atoms with Crippen molar-refractivity contribution in [2.75, 3.05) is 44.7 Å². The fourth-order valence-corrected chi connectivity index (χ4v) is 3.61. The van der Waals surface area contributed by atoms with Crippen molar-refractivity contribution in [3.8, 4) is 5.75 Å². The van der Waals surface area contributed by atoms with E-state index >= 15 is 0 Å². The van der Waals surface area contributed by atoms with E-state index in [-0.39, 0.29) is 0 Å². The molecule has 164 valence electrons. The molecular formula is C22H35N7O. The molecule has 3 rings (SSSR count). The molecule has 0 saturated carbocycles. The first-order valence-electron chi connectivity index (χ1n) is 11.0.